The van der Waals surface area contributed by atoms with Crippen molar-refractivity contribution in [3.63, 3.8) is 0 Å². The second-order valence-electron chi connectivity index (χ2n) is 6.16. The molecule has 0 amide bonds. The Morgan fingerprint density at radius 1 is 0.533 bits per heavy atom. The van der Waals surface area contributed by atoms with Gasteiger partial charge in [0.05, 0.1) is 99.1 Å². The molecule has 0 saturated carbocycles. The first-order valence-corrected chi connectivity index (χ1v) is 10.8. The van der Waals surface area contributed by atoms with E-state index in [9.17, 15) is 0 Å². The van der Waals surface area contributed by atoms with Crippen LogP contribution in [-0.2, 0) is 37.9 Å². The maximum Gasteiger partial charge on any atom is 0.0701 e. The van der Waals surface area contributed by atoms with Gasteiger partial charge in [-0.3, -0.25) is 0 Å². The first-order valence-electron chi connectivity index (χ1n) is 10.8. The summed E-state index contributed by atoms with van der Waals surface area (Å²) in [6.45, 7) is 15.2. The van der Waals surface area contributed by atoms with Crippen LogP contribution < -0.4 is 5.32 Å². The Kier molecular flexibility index (Phi) is 25.6. The quantitative estimate of drug-likeness (QED) is 0.201. The lowest BCUT2D eigenvalue weighted by Gasteiger charge is -2.09. The van der Waals surface area contributed by atoms with E-state index >= 15 is 0 Å². The van der Waals surface area contributed by atoms with Crippen molar-refractivity contribution in [1.29, 1.82) is 0 Å². The van der Waals surface area contributed by atoms with Crippen molar-refractivity contribution in [2.45, 2.75) is 13.3 Å². The average molecular weight is 438 g/mol. The van der Waals surface area contributed by atoms with E-state index in [1.165, 1.54) is 0 Å². The summed E-state index contributed by atoms with van der Waals surface area (Å²) < 4.78 is 42.7. The molecule has 9 heteroatoms. The molecule has 0 aliphatic rings. The Hall–Kier alpha value is -0.780. The van der Waals surface area contributed by atoms with Crippen molar-refractivity contribution < 1.29 is 37.9 Å². The zero-order valence-electron chi connectivity index (χ0n) is 19.0. The van der Waals surface area contributed by atoms with Crippen LogP contribution >= 0.6 is 0 Å². The highest BCUT2D eigenvalue weighted by molar-refractivity contribution is 4.88. The van der Waals surface area contributed by atoms with Crippen LogP contribution in [0.4, 0.5) is 0 Å². The SMILES string of the molecule is C=C(CC)NCCOCCOCCOCCOCCOCCOCCOCCOC. The summed E-state index contributed by atoms with van der Waals surface area (Å²) in [6, 6.07) is 0. The topological polar surface area (TPSA) is 85.9 Å². The van der Waals surface area contributed by atoms with Crippen LogP contribution in [0.3, 0.4) is 0 Å². The summed E-state index contributed by atoms with van der Waals surface area (Å²) >= 11 is 0. The zero-order valence-corrected chi connectivity index (χ0v) is 19.0. The fraction of sp³-hybridized carbons (Fsp3) is 0.905. The summed E-state index contributed by atoms with van der Waals surface area (Å²) in [6.07, 6.45) is 0.935. The van der Waals surface area contributed by atoms with Gasteiger partial charge in [0.2, 0.25) is 0 Å². The van der Waals surface area contributed by atoms with Crippen LogP contribution in [0, 0.1) is 0 Å². The van der Waals surface area contributed by atoms with Gasteiger partial charge in [0.25, 0.3) is 0 Å². The highest BCUT2D eigenvalue weighted by atomic mass is 16.6. The molecular weight excluding hydrogens is 394 g/mol. The van der Waals surface area contributed by atoms with Crippen LogP contribution in [0.5, 0.6) is 0 Å². The van der Waals surface area contributed by atoms with Crippen LogP contribution in [0.25, 0.3) is 0 Å². The van der Waals surface area contributed by atoms with Gasteiger partial charge in [0.15, 0.2) is 0 Å². The summed E-state index contributed by atoms with van der Waals surface area (Å²) in [7, 11) is 1.65. The lowest BCUT2D eigenvalue weighted by molar-refractivity contribution is -0.0220. The number of allylic oxidation sites excluding steroid dienone is 1. The molecule has 0 saturated heterocycles. The summed E-state index contributed by atoms with van der Waals surface area (Å²) in [5.74, 6) is 0. The standard InChI is InChI=1S/C21H43NO8/c1-4-21(2)22-5-6-24-9-10-26-13-14-28-17-18-30-20-19-29-16-15-27-12-11-25-8-7-23-3/h22H,2,4-20H2,1,3H3. The van der Waals surface area contributed by atoms with Crippen molar-refractivity contribution in [3.8, 4) is 0 Å². The maximum absolute atomic E-state index is 5.45. The first kappa shape index (κ1) is 29.2. The molecule has 30 heavy (non-hydrogen) atoms. The molecule has 0 rings (SSSR count). The molecule has 0 spiro atoms. The molecule has 1 N–H and O–H groups in total. The van der Waals surface area contributed by atoms with Gasteiger partial charge in [0, 0.05) is 19.4 Å². The van der Waals surface area contributed by atoms with Gasteiger partial charge in [-0.25, -0.2) is 0 Å². The molecule has 0 unspecified atom stereocenters. The highest BCUT2D eigenvalue weighted by Gasteiger charge is 1.95. The Morgan fingerprint density at radius 3 is 1.13 bits per heavy atom. The maximum atomic E-state index is 5.45. The Balaban J connectivity index is 3.01. The van der Waals surface area contributed by atoms with Gasteiger partial charge in [-0.15, -0.1) is 0 Å². The summed E-state index contributed by atoms with van der Waals surface area (Å²) in [4.78, 5) is 0. The van der Waals surface area contributed by atoms with Crippen molar-refractivity contribution in [3.05, 3.63) is 12.3 Å². The van der Waals surface area contributed by atoms with E-state index in [1.54, 1.807) is 7.11 Å². The van der Waals surface area contributed by atoms with Gasteiger partial charge < -0.3 is 43.2 Å². The molecule has 0 fully saturated rings. The zero-order chi connectivity index (χ0) is 22.0. The first-order chi connectivity index (χ1) is 14.8. The van der Waals surface area contributed by atoms with Crippen molar-refractivity contribution >= 4 is 0 Å². The summed E-state index contributed by atoms with van der Waals surface area (Å²) in [5, 5.41) is 3.18. The van der Waals surface area contributed by atoms with Crippen molar-refractivity contribution in [2.24, 2.45) is 0 Å². The fourth-order valence-electron chi connectivity index (χ4n) is 1.99. The molecule has 0 bridgehead atoms. The van der Waals surface area contributed by atoms with Crippen LogP contribution in [0.2, 0.25) is 0 Å². The van der Waals surface area contributed by atoms with E-state index in [1.807, 2.05) is 0 Å². The van der Waals surface area contributed by atoms with E-state index in [2.05, 4.69) is 18.8 Å². The smallest absolute Gasteiger partial charge is 0.0701 e. The molecule has 0 radical (unpaired) electrons. The van der Waals surface area contributed by atoms with Gasteiger partial charge in [-0.1, -0.05) is 13.5 Å². The number of nitrogens with one attached hydrogen (secondary N) is 1. The number of rotatable bonds is 26. The van der Waals surface area contributed by atoms with E-state index in [0.29, 0.717) is 99.1 Å². The molecule has 0 aromatic rings. The number of hydrogen-bond donors (Lipinski definition) is 1. The van der Waals surface area contributed by atoms with E-state index in [-0.39, 0.29) is 0 Å². The predicted octanol–water partition coefficient (Wildman–Crippen LogP) is 1.26. The van der Waals surface area contributed by atoms with Crippen LogP contribution in [-0.4, -0.2) is 113 Å². The molecule has 0 aliphatic carbocycles. The van der Waals surface area contributed by atoms with Crippen LogP contribution in [0.1, 0.15) is 13.3 Å². The van der Waals surface area contributed by atoms with Gasteiger partial charge in [-0.2, -0.15) is 0 Å². The normalized spacial score (nSPS) is 11.1. The second kappa shape index (κ2) is 26.3. The molecule has 0 aliphatic heterocycles. The number of methoxy groups -OCH3 is 1. The molecule has 0 aromatic carbocycles. The molecule has 0 aromatic heterocycles. The largest absolute Gasteiger partial charge is 0.387 e. The number of hydrogen-bond acceptors (Lipinski definition) is 9. The Labute approximate surface area is 182 Å². The third-order valence-electron chi connectivity index (χ3n) is 3.71. The molecule has 180 valence electrons. The highest BCUT2D eigenvalue weighted by Crippen LogP contribution is 1.89. The lowest BCUT2D eigenvalue weighted by atomic mass is 10.4. The monoisotopic (exact) mass is 437 g/mol. The fourth-order valence-corrected chi connectivity index (χ4v) is 1.99. The Bertz CT molecular complexity index is 347. The number of ether oxygens (including phenoxy) is 8. The summed E-state index contributed by atoms with van der Waals surface area (Å²) in [5.41, 5.74) is 1.03. The second-order valence-corrected chi connectivity index (χ2v) is 6.16. The van der Waals surface area contributed by atoms with E-state index < -0.39 is 0 Å². The predicted molar refractivity (Wildman–Crippen MR) is 115 cm³/mol. The average Bonchev–Trinajstić information content (AvgIpc) is 2.76. The van der Waals surface area contributed by atoms with Crippen molar-refractivity contribution in [1.82, 2.24) is 5.32 Å². The van der Waals surface area contributed by atoms with Gasteiger partial charge in [0.1, 0.15) is 0 Å². The third kappa shape index (κ3) is 25.3. The minimum absolute atomic E-state index is 0.539. The molecule has 9 nitrogen and oxygen atoms in total. The van der Waals surface area contributed by atoms with E-state index in [4.69, 9.17) is 37.9 Å². The lowest BCUT2D eigenvalue weighted by Crippen LogP contribution is -2.19. The van der Waals surface area contributed by atoms with Crippen LogP contribution in [0.15, 0.2) is 12.3 Å². The molecule has 0 heterocycles. The minimum Gasteiger partial charge on any atom is -0.387 e. The van der Waals surface area contributed by atoms with E-state index in [0.717, 1.165) is 18.7 Å². The third-order valence-corrected chi connectivity index (χ3v) is 3.71. The molecular formula is C21H43NO8. The minimum atomic E-state index is 0.539. The van der Waals surface area contributed by atoms with Gasteiger partial charge in [-0.05, 0) is 6.42 Å². The van der Waals surface area contributed by atoms with Gasteiger partial charge >= 0.3 is 0 Å². The molecule has 0 atom stereocenters. The van der Waals surface area contributed by atoms with Crippen molar-refractivity contribution in [2.75, 3.05) is 113 Å². The Morgan fingerprint density at radius 2 is 0.833 bits per heavy atom.